The van der Waals surface area contributed by atoms with Crippen molar-refractivity contribution in [2.75, 3.05) is 39.8 Å². The van der Waals surface area contributed by atoms with Crippen LogP contribution < -0.4 is 5.32 Å². The molecular weight excluding hydrogens is 549 g/mol. The molecule has 214 valence electrons. The van der Waals surface area contributed by atoms with Crippen LogP contribution in [0.4, 0.5) is 18.0 Å². The zero-order valence-corrected chi connectivity index (χ0v) is 23.1. The molecule has 12 heteroatoms. The fourth-order valence-corrected chi connectivity index (χ4v) is 5.09. The number of piperazine rings is 1. The zero-order valence-electron chi connectivity index (χ0n) is 22.3. The Bertz CT molecular complexity index is 1300. The average Bonchev–Trinajstić information content (AvgIpc) is 2.91. The number of alkyl halides is 3. The minimum atomic E-state index is -4.48. The topological polar surface area (TPSA) is 82.2 Å². The average molecular weight is 579 g/mol. The van der Waals surface area contributed by atoms with Crippen LogP contribution in [0.25, 0.3) is 0 Å². The van der Waals surface area contributed by atoms with Gasteiger partial charge in [0.1, 0.15) is 0 Å². The van der Waals surface area contributed by atoms with Crippen LogP contribution in [0, 0.1) is 0 Å². The highest BCUT2D eigenvalue weighted by molar-refractivity contribution is 6.30. The number of benzene rings is 2. The molecule has 2 aromatic carbocycles. The number of halogens is 4. The van der Waals surface area contributed by atoms with E-state index < -0.39 is 23.8 Å². The first-order valence-corrected chi connectivity index (χ1v) is 13.2. The lowest BCUT2D eigenvalue weighted by Gasteiger charge is -2.42. The summed E-state index contributed by atoms with van der Waals surface area (Å²) in [5, 5.41) is 3.38. The van der Waals surface area contributed by atoms with Crippen molar-refractivity contribution in [3.8, 4) is 0 Å². The summed E-state index contributed by atoms with van der Waals surface area (Å²) in [5.74, 6) is -0.905. The second-order valence-electron chi connectivity index (χ2n) is 9.73. The number of amides is 3. The van der Waals surface area contributed by atoms with Crippen molar-refractivity contribution >= 4 is 29.5 Å². The predicted octanol–water partition coefficient (Wildman–Crippen LogP) is 4.72. The van der Waals surface area contributed by atoms with Crippen LogP contribution >= 0.6 is 11.6 Å². The Hall–Kier alpha value is -3.57. The first kappa shape index (κ1) is 29.4. The molecule has 2 aliphatic heterocycles. The second kappa shape index (κ2) is 11.9. The number of ether oxygens (including phenoxy) is 1. The SMILES string of the molecule is CCOC(=O)C1=C(CN2CCN(C(=O)c3ccc(C(F)(F)F)cc3)[C@H](C)C2)N(C)C(=O)N[C@@H]1c1ccc(Cl)cc1. The molecule has 2 aliphatic rings. The molecular formula is C28H30ClF3N4O4. The molecule has 8 nitrogen and oxygen atoms in total. The lowest BCUT2D eigenvalue weighted by molar-refractivity contribution is -0.139. The van der Waals surface area contributed by atoms with Crippen molar-refractivity contribution in [3.05, 3.63) is 81.5 Å². The van der Waals surface area contributed by atoms with Crippen molar-refractivity contribution in [2.45, 2.75) is 32.1 Å². The molecule has 4 rings (SSSR count). The molecule has 2 atom stereocenters. The Balaban J connectivity index is 1.56. The van der Waals surface area contributed by atoms with E-state index in [9.17, 15) is 27.6 Å². The van der Waals surface area contributed by atoms with Crippen molar-refractivity contribution in [1.82, 2.24) is 20.0 Å². The van der Waals surface area contributed by atoms with Crippen molar-refractivity contribution in [3.63, 3.8) is 0 Å². The Morgan fingerprint density at radius 1 is 1.07 bits per heavy atom. The Morgan fingerprint density at radius 2 is 1.73 bits per heavy atom. The lowest BCUT2D eigenvalue weighted by atomic mass is 9.94. The van der Waals surface area contributed by atoms with Gasteiger partial charge in [-0.15, -0.1) is 0 Å². The van der Waals surface area contributed by atoms with E-state index in [-0.39, 0.29) is 36.7 Å². The lowest BCUT2D eigenvalue weighted by Crippen LogP contribution is -2.56. The standard InChI is InChI=1S/C28H30ClF3N4O4/c1-4-40-26(38)23-22(34(3)27(39)33-24(23)18-7-11-21(29)12-8-18)16-35-13-14-36(17(2)15-35)25(37)19-5-9-20(10-6-19)28(30,31)32/h5-12,17,24H,4,13-16H2,1-3H3,(H,33,39)/t17-,24-/m1/s1. The molecule has 40 heavy (non-hydrogen) atoms. The molecule has 2 heterocycles. The fourth-order valence-electron chi connectivity index (χ4n) is 4.96. The minimum Gasteiger partial charge on any atom is -0.463 e. The molecule has 3 amide bonds. The largest absolute Gasteiger partial charge is 0.463 e. The first-order valence-electron chi connectivity index (χ1n) is 12.8. The van der Waals surface area contributed by atoms with Gasteiger partial charge in [0.15, 0.2) is 0 Å². The maximum atomic E-state index is 13.2. The van der Waals surface area contributed by atoms with Gasteiger partial charge >= 0.3 is 18.2 Å². The predicted molar refractivity (Wildman–Crippen MR) is 143 cm³/mol. The normalized spacial score (nSPS) is 20.4. The van der Waals surface area contributed by atoms with E-state index in [1.165, 1.54) is 17.0 Å². The smallest absolute Gasteiger partial charge is 0.416 e. The highest BCUT2D eigenvalue weighted by Gasteiger charge is 2.38. The number of esters is 1. The van der Waals surface area contributed by atoms with Gasteiger partial charge in [0, 0.05) is 55.6 Å². The van der Waals surface area contributed by atoms with E-state index in [2.05, 4.69) is 5.32 Å². The zero-order chi connectivity index (χ0) is 29.2. The monoisotopic (exact) mass is 578 g/mol. The molecule has 0 aromatic heterocycles. The third-order valence-corrected chi connectivity index (χ3v) is 7.33. The number of likely N-dealkylation sites (N-methyl/N-ethyl adjacent to an activating group) is 1. The number of urea groups is 1. The van der Waals surface area contributed by atoms with Gasteiger partial charge in [-0.3, -0.25) is 14.6 Å². The number of nitrogens with one attached hydrogen (secondary N) is 1. The molecule has 1 fully saturated rings. The summed E-state index contributed by atoms with van der Waals surface area (Å²) >= 11 is 6.04. The maximum Gasteiger partial charge on any atom is 0.416 e. The molecule has 0 bridgehead atoms. The van der Waals surface area contributed by atoms with Gasteiger partial charge in [-0.2, -0.15) is 13.2 Å². The minimum absolute atomic E-state index is 0.155. The maximum absolute atomic E-state index is 13.2. The van der Waals surface area contributed by atoms with E-state index in [0.717, 1.165) is 12.1 Å². The van der Waals surface area contributed by atoms with Gasteiger partial charge in [0.05, 0.1) is 23.8 Å². The molecule has 0 saturated carbocycles. The summed E-state index contributed by atoms with van der Waals surface area (Å²) < 4.78 is 44.1. The quantitative estimate of drug-likeness (QED) is 0.502. The van der Waals surface area contributed by atoms with Gasteiger partial charge in [0.25, 0.3) is 5.91 Å². The fraction of sp³-hybridized carbons (Fsp3) is 0.393. The molecule has 0 spiro atoms. The van der Waals surface area contributed by atoms with Crippen LogP contribution in [-0.2, 0) is 15.7 Å². The Kier molecular flexibility index (Phi) is 8.74. The highest BCUT2D eigenvalue weighted by atomic mass is 35.5. The van der Waals surface area contributed by atoms with Gasteiger partial charge < -0.3 is 15.0 Å². The Morgan fingerprint density at radius 3 is 2.30 bits per heavy atom. The highest BCUT2D eigenvalue weighted by Crippen LogP contribution is 2.33. The van der Waals surface area contributed by atoms with Gasteiger partial charge in [0.2, 0.25) is 0 Å². The number of nitrogens with zero attached hydrogens (tertiary/aromatic N) is 3. The summed E-state index contributed by atoms with van der Waals surface area (Å²) in [5.41, 5.74) is 0.825. The van der Waals surface area contributed by atoms with E-state index in [1.54, 1.807) is 43.1 Å². The van der Waals surface area contributed by atoms with Crippen LogP contribution in [0.15, 0.2) is 59.8 Å². The van der Waals surface area contributed by atoms with E-state index in [0.29, 0.717) is 41.5 Å². The number of hydrogen-bond acceptors (Lipinski definition) is 5. The molecule has 1 saturated heterocycles. The third kappa shape index (κ3) is 6.26. The van der Waals surface area contributed by atoms with E-state index >= 15 is 0 Å². The van der Waals surface area contributed by atoms with Crippen molar-refractivity contribution in [1.29, 1.82) is 0 Å². The number of carbonyl (C=O) groups excluding carboxylic acids is 3. The number of rotatable bonds is 6. The van der Waals surface area contributed by atoms with Crippen molar-refractivity contribution < 1.29 is 32.3 Å². The summed E-state index contributed by atoms with van der Waals surface area (Å²) in [6, 6.07) is 9.62. The van der Waals surface area contributed by atoms with Crippen LogP contribution in [0.3, 0.4) is 0 Å². The first-order chi connectivity index (χ1) is 18.9. The molecule has 2 aromatic rings. The summed E-state index contributed by atoms with van der Waals surface area (Å²) in [4.78, 5) is 44.2. The van der Waals surface area contributed by atoms with Gasteiger partial charge in [-0.05, 0) is 55.8 Å². The van der Waals surface area contributed by atoms with E-state index in [1.807, 2.05) is 11.8 Å². The molecule has 0 unspecified atom stereocenters. The van der Waals surface area contributed by atoms with Gasteiger partial charge in [-0.25, -0.2) is 9.59 Å². The summed E-state index contributed by atoms with van der Waals surface area (Å²) in [7, 11) is 1.58. The molecule has 1 N–H and O–H groups in total. The third-order valence-electron chi connectivity index (χ3n) is 7.08. The van der Waals surface area contributed by atoms with Gasteiger partial charge in [-0.1, -0.05) is 23.7 Å². The number of hydrogen-bond donors (Lipinski definition) is 1. The second-order valence-corrected chi connectivity index (χ2v) is 10.2. The van der Waals surface area contributed by atoms with Crippen molar-refractivity contribution in [2.24, 2.45) is 0 Å². The molecule has 0 radical (unpaired) electrons. The summed E-state index contributed by atoms with van der Waals surface area (Å²) in [6.45, 7) is 5.12. The van der Waals surface area contributed by atoms with Crippen LogP contribution in [0.1, 0.15) is 41.4 Å². The molecule has 0 aliphatic carbocycles. The van der Waals surface area contributed by atoms with E-state index in [4.69, 9.17) is 16.3 Å². The number of carbonyl (C=O) groups is 3. The van der Waals surface area contributed by atoms with Crippen LogP contribution in [0.2, 0.25) is 5.02 Å². The Labute approximate surface area is 235 Å². The van der Waals surface area contributed by atoms with Crippen LogP contribution in [-0.4, -0.2) is 78.5 Å². The van der Waals surface area contributed by atoms with Crippen LogP contribution in [0.5, 0.6) is 0 Å². The summed E-state index contributed by atoms with van der Waals surface area (Å²) in [6.07, 6.45) is -4.48.